The number of sulfonamides is 1. The maximum Gasteiger partial charge on any atom is 0.417 e. The predicted molar refractivity (Wildman–Crippen MR) is 164 cm³/mol. The molecule has 0 spiro atoms. The number of carbonyl (C=O) groups excluding carboxylic acids is 2. The molecule has 0 aliphatic carbocycles. The Morgan fingerprint density at radius 1 is 1.02 bits per heavy atom. The summed E-state index contributed by atoms with van der Waals surface area (Å²) in [6.45, 7) is 5.99. The van der Waals surface area contributed by atoms with Gasteiger partial charge in [-0.2, -0.15) is 13.2 Å². The fourth-order valence-corrected chi connectivity index (χ4v) is 6.21. The molecule has 2 atom stereocenters. The molecule has 0 saturated carbocycles. The van der Waals surface area contributed by atoms with Crippen molar-refractivity contribution in [3.05, 3.63) is 92.9 Å². The van der Waals surface area contributed by atoms with E-state index >= 15 is 0 Å². The van der Waals surface area contributed by atoms with Crippen LogP contribution in [-0.4, -0.2) is 43.8 Å². The van der Waals surface area contributed by atoms with Gasteiger partial charge < -0.3 is 10.2 Å². The average molecular weight is 703 g/mol. The van der Waals surface area contributed by atoms with E-state index < -0.39 is 56.9 Å². The molecule has 0 aliphatic rings. The number of anilines is 1. The normalized spacial score (nSPS) is 13.2. The van der Waals surface area contributed by atoms with Gasteiger partial charge in [-0.1, -0.05) is 64.3 Å². The third kappa shape index (κ3) is 8.73. The maximum atomic E-state index is 14.0. The van der Waals surface area contributed by atoms with E-state index in [4.69, 9.17) is 11.6 Å². The molecule has 0 fully saturated rings. The fourth-order valence-electron chi connectivity index (χ4n) is 4.13. The molecular formula is C30H32BrClF3N3O4S. The first-order valence-electron chi connectivity index (χ1n) is 13.3. The van der Waals surface area contributed by atoms with E-state index in [1.165, 1.54) is 36.1 Å². The van der Waals surface area contributed by atoms with Gasteiger partial charge >= 0.3 is 6.18 Å². The summed E-state index contributed by atoms with van der Waals surface area (Å²) in [6, 6.07) is 14.1. The largest absolute Gasteiger partial charge is 0.417 e. The Morgan fingerprint density at radius 3 is 2.26 bits per heavy atom. The highest BCUT2D eigenvalue weighted by molar-refractivity contribution is 9.10. The lowest BCUT2D eigenvalue weighted by Gasteiger charge is -2.32. The Balaban J connectivity index is 2.12. The minimum absolute atomic E-state index is 0.0692. The molecule has 0 aliphatic heterocycles. The van der Waals surface area contributed by atoms with Crippen LogP contribution in [0.1, 0.15) is 43.9 Å². The van der Waals surface area contributed by atoms with Crippen LogP contribution in [0.5, 0.6) is 0 Å². The quantitative estimate of drug-likeness (QED) is 0.234. The van der Waals surface area contributed by atoms with Crippen molar-refractivity contribution in [2.75, 3.05) is 10.8 Å². The van der Waals surface area contributed by atoms with Gasteiger partial charge in [-0.3, -0.25) is 13.9 Å². The zero-order valence-corrected chi connectivity index (χ0v) is 27.1. The first kappa shape index (κ1) is 34.4. The molecular weight excluding hydrogens is 671 g/mol. The number of alkyl halides is 3. The Kier molecular flexibility index (Phi) is 11.3. The number of aryl methyl sites for hydroxylation is 1. The van der Waals surface area contributed by atoms with Gasteiger partial charge in [0, 0.05) is 17.1 Å². The minimum Gasteiger partial charge on any atom is -0.352 e. The molecule has 0 saturated heterocycles. The molecule has 1 N–H and O–H groups in total. The molecule has 7 nitrogen and oxygen atoms in total. The smallest absolute Gasteiger partial charge is 0.352 e. The van der Waals surface area contributed by atoms with Crippen LogP contribution >= 0.6 is 27.5 Å². The molecule has 0 bridgehead atoms. The summed E-state index contributed by atoms with van der Waals surface area (Å²) in [5, 5.41) is 2.20. The van der Waals surface area contributed by atoms with Crippen LogP contribution in [0.25, 0.3) is 0 Å². The summed E-state index contributed by atoms with van der Waals surface area (Å²) in [7, 11) is -4.56. The summed E-state index contributed by atoms with van der Waals surface area (Å²) >= 11 is 9.19. The third-order valence-corrected chi connectivity index (χ3v) is 9.45. The van der Waals surface area contributed by atoms with Crippen molar-refractivity contribution in [3.63, 3.8) is 0 Å². The van der Waals surface area contributed by atoms with Crippen LogP contribution < -0.4 is 9.62 Å². The number of hydrogen-bond donors (Lipinski definition) is 1. The van der Waals surface area contributed by atoms with Crippen molar-refractivity contribution >= 4 is 55.1 Å². The van der Waals surface area contributed by atoms with E-state index in [1.54, 1.807) is 38.1 Å². The van der Waals surface area contributed by atoms with E-state index in [0.717, 1.165) is 22.2 Å². The van der Waals surface area contributed by atoms with Crippen molar-refractivity contribution in [3.8, 4) is 0 Å². The zero-order valence-electron chi connectivity index (χ0n) is 24.0. The predicted octanol–water partition coefficient (Wildman–Crippen LogP) is 6.96. The van der Waals surface area contributed by atoms with E-state index in [1.807, 2.05) is 6.92 Å². The molecule has 0 radical (unpaired) electrons. The minimum atomic E-state index is -4.88. The second kappa shape index (κ2) is 14.1. The van der Waals surface area contributed by atoms with Gasteiger partial charge in [0.2, 0.25) is 11.8 Å². The van der Waals surface area contributed by atoms with Gasteiger partial charge in [-0.15, -0.1) is 0 Å². The summed E-state index contributed by atoms with van der Waals surface area (Å²) < 4.78 is 70.4. The Morgan fingerprint density at radius 2 is 1.67 bits per heavy atom. The van der Waals surface area contributed by atoms with Crippen LogP contribution in [0.4, 0.5) is 18.9 Å². The second-order valence-corrected chi connectivity index (χ2v) is 13.3. The number of halogens is 5. The van der Waals surface area contributed by atoms with Gasteiger partial charge in [0.15, 0.2) is 0 Å². The van der Waals surface area contributed by atoms with Gasteiger partial charge in [0.05, 0.1) is 21.2 Å². The van der Waals surface area contributed by atoms with Gasteiger partial charge in [0.25, 0.3) is 10.0 Å². The number of carbonyl (C=O) groups is 2. The van der Waals surface area contributed by atoms with Crippen molar-refractivity contribution in [1.82, 2.24) is 10.2 Å². The molecule has 3 rings (SSSR count). The summed E-state index contributed by atoms with van der Waals surface area (Å²) in [4.78, 5) is 28.1. The van der Waals surface area contributed by atoms with E-state index in [0.29, 0.717) is 22.4 Å². The highest BCUT2D eigenvalue weighted by Crippen LogP contribution is 2.38. The van der Waals surface area contributed by atoms with Crippen LogP contribution in [0, 0.1) is 6.92 Å². The van der Waals surface area contributed by atoms with Crippen LogP contribution in [0.2, 0.25) is 5.02 Å². The van der Waals surface area contributed by atoms with Crippen molar-refractivity contribution < 1.29 is 31.2 Å². The maximum absolute atomic E-state index is 14.0. The Bertz CT molecular complexity index is 1570. The molecule has 0 aromatic heterocycles. The molecule has 13 heteroatoms. The number of nitrogens with zero attached hydrogens (tertiary/aromatic N) is 2. The van der Waals surface area contributed by atoms with Gasteiger partial charge in [-0.25, -0.2) is 8.42 Å². The highest BCUT2D eigenvalue weighted by Gasteiger charge is 2.37. The highest BCUT2D eigenvalue weighted by atomic mass is 79.9. The molecule has 232 valence electrons. The standard InChI is InChI=1S/C30H32BrClF3N3O4S/c1-5-20(3)36-29(40)21(4)37(17-22-7-6-8-23(31)15-22)28(39)18-38(43(41,42)25-12-9-19(2)10-13-25)24-11-14-27(32)26(16-24)30(33,34)35/h6-16,20-21H,5,17-18H2,1-4H3,(H,36,40)/t20-,21-/m0/s1. The number of benzene rings is 3. The molecule has 3 aromatic rings. The fraction of sp³-hybridized carbons (Fsp3) is 0.333. The van der Waals surface area contributed by atoms with E-state index in [2.05, 4.69) is 21.2 Å². The van der Waals surface area contributed by atoms with Crippen molar-refractivity contribution in [2.45, 2.75) is 63.8 Å². The van der Waals surface area contributed by atoms with Crippen LogP contribution in [-0.2, 0) is 32.3 Å². The third-order valence-electron chi connectivity index (χ3n) is 6.84. The lowest BCUT2D eigenvalue weighted by atomic mass is 10.1. The Hall–Kier alpha value is -3.09. The summed E-state index contributed by atoms with van der Waals surface area (Å²) in [5.41, 5.74) is -0.265. The van der Waals surface area contributed by atoms with E-state index in [9.17, 15) is 31.2 Å². The molecule has 3 aromatic carbocycles. The molecule has 2 amide bonds. The molecule has 0 unspecified atom stereocenters. The number of rotatable bonds is 11. The Labute approximate surface area is 263 Å². The van der Waals surface area contributed by atoms with Crippen LogP contribution in [0.15, 0.2) is 76.1 Å². The molecule has 43 heavy (non-hydrogen) atoms. The van der Waals surface area contributed by atoms with Crippen molar-refractivity contribution in [2.24, 2.45) is 0 Å². The SMILES string of the molecule is CC[C@H](C)NC(=O)[C@H](C)N(Cc1cccc(Br)c1)C(=O)CN(c1ccc(Cl)c(C(F)(F)F)c1)S(=O)(=O)c1ccc(C)cc1. The first-order chi connectivity index (χ1) is 20.0. The number of amides is 2. The average Bonchev–Trinajstić information content (AvgIpc) is 2.94. The second-order valence-electron chi connectivity index (χ2n) is 10.1. The summed E-state index contributed by atoms with van der Waals surface area (Å²) in [6.07, 6.45) is -4.25. The first-order valence-corrected chi connectivity index (χ1v) is 16.0. The van der Waals surface area contributed by atoms with Crippen LogP contribution in [0.3, 0.4) is 0 Å². The lowest BCUT2D eigenvalue weighted by Crippen LogP contribution is -2.52. The van der Waals surface area contributed by atoms with E-state index in [-0.39, 0.29) is 17.5 Å². The zero-order chi connectivity index (χ0) is 32.1. The lowest BCUT2D eigenvalue weighted by molar-refractivity contribution is -0.139. The topological polar surface area (TPSA) is 86.8 Å². The van der Waals surface area contributed by atoms with Gasteiger partial charge in [0.1, 0.15) is 12.6 Å². The van der Waals surface area contributed by atoms with Gasteiger partial charge in [-0.05, 0) is 75.2 Å². The molecule has 0 heterocycles. The monoisotopic (exact) mass is 701 g/mol. The van der Waals surface area contributed by atoms with Crippen molar-refractivity contribution in [1.29, 1.82) is 0 Å². The number of nitrogens with one attached hydrogen (secondary N) is 1. The summed E-state index contributed by atoms with van der Waals surface area (Å²) in [5.74, 6) is -1.26. The number of hydrogen-bond acceptors (Lipinski definition) is 4.